The Kier molecular flexibility index (Phi) is 4.31. The van der Waals surface area contributed by atoms with Gasteiger partial charge in [-0.25, -0.2) is 0 Å². The first-order valence-electron chi connectivity index (χ1n) is 6.58. The number of nitrogens with zero attached hydrogens (tertiary/aromatic N) is 2. The van der Waals surface area contributed by atoms with Crippen LogP contribution in [0.25, 0.3) is 0 Å². The Labute approximate surface area is 101 Å². The van der Waals surface area contributed by atoms with Crippen molar-refractivity contribution in [3.63, 3.8) is 0 Å². The van der Waals surface area contributed by atoms with E-state index in [1.54, 1.807) is 0 Å². The maximum Gasteiger partial charge on any atom is 0.389 e. The molecule has 2 aliphatic rings. The molecular weight excluding hydrogens is 229 g/mol. The second-order valence-electron chi connectivity index (χ2n) is 5.20. The van der Waals surface area contributed by atoms with Crippen molar-refractivity contribution in [2.75, 3.05) is 32.7 Å². The Morgan fingerprint density at radius 1 is 1.06 bits per heavy atom. The second-order valence-corrected chi connectivity index (χ2v) is 5.20. The lowest BCUT2D eigenvalue weighted by Crippen LogP contribution is -2.50. The molecule has 0 aromatic carbocycles. The number of unbranched alkanes of at least 4 members (excludes halogenated alkanes) is 1. The molecule has 17 heavy (non-hydrogen) atoms. The molecule has 0 amide bonds. The zero-order valence-corrected chi connectivity index (χ0v) is 10.2. The summed E-state index contributed by atoms with van der Waals surface area (Å²) in [5.74, 6) is 0. The van der Waals surface area contributed by atoms with Crippen LogP contribution in [0.1, 0.15) is 32.1 Å². The summed E-state index contributed by atoms with van der Waals surface area (Å²) < 4.78 is 35.9. The van der Waals surface area contributed by atoms with Gasteiger partial charge in [0.25, 0.3) is 0 Å². The van der Waals surface area contributed by atoms with Crippen LogP contribution in [-0.4, -0.2) is 54.7 Å². The van der Waals surface area contributed by atoms with Crippen molar-refractivity contribution in [1.29, 1.82) is 0 Å². The van der Waals surface area contributed by atoms with E-state index in [-0.39, 0.29) is 6.42 Å². The van der Waals surface area contributed by atoms with E-state index >= 15 is 0 Å². The lowest BCUT2D eigenvalue weighted by molar-refractivity contribution is -0.135. The Bertz CT molecular complexity index is 242. The van der Waals surface area contributed by atoms with Gasteiger partial charge in [-0.15, -0.1) is 0 Å². The normalized spacial score (nSPS) is 27.4. The maximum atomic E-state index is 12.0. The molecule has 0 spiro atoms. The summed E-state index contributed by atoms with van der Waals surface area (Å²) in [4.78, 5) is 4.86. The van der Waals surface area contributed by atoms with Gasteiger partial charge in [0.15, 0.2) is 0 Å². The fraction of sp³-hybridized carbons (Fsp3) is 1.00. The minimum absolute atomic E-state index is 0.272. The predicted molar refractivity (Wildman–Crippen MR) is 60.9 cm³/mol. The van der Waals surface area contributed by atoms with Crippen molar-refractivity contribution >= 4 is 0 Å². The molecule has 2 saturated heterocycles. The van der Waals surface area contributed by atoms with Crippen molar-refractivity contribution in [3.8, 4) is 0 Å². The summed E-state index contributed by atoms with van der Waals surface area (Å²) in [5.41, 5.74) is 0. The number of halogens is 3. The van der Waals surface area contributed by atoms with E-state index in [1.807, 2.05) is 0 Å². The van der Waals surface area contributed by atoms with Crippen LogP contribution in [0.5, 0.6) is 0 Å². The smallest absolute Gasteiger partial charge is 0.301 e. The standard InChI is InChI=1S/C12H21F3N2/c13-12(14,15)5-1-2-6-16-8-9-17-7-3-4-11(17)10-16/h11H,1-10H2. The van der Waals surface area contributed by atoms with E-state index in [0.29, 0.717) is 12.5 Å². The molecule has 0 radical (unpaired) electrons. The highest BCUT2D eigenvalue weighted by atomic mass is 19.4. The number of rotatable bonds is 4. The molecule has 100 valence electrons. The lowest BCUT2D eigenvalue weighted by atomic mass is 10.1. The summed E-state index contributed by atoms with van der Waals surface area (Å²) in [5, 5.41) is 0. The van der Waals surface area contributed by atoms with Gasteiger partial charge >= 0.3 is 6.18 Å². The summed E-state index contributed by atoms with van der Waals surface area (Å²) in [6.45, 7) is 5.24. The fourth-order valence-corrected chi connectivity index (χ4v) is 2.92. The lowest BCUT2D eigenvalue weighted by Gasteiger charge is -2.37. The molecule has 2 fully saturated rings. The molecule has 2 rings (SSSR count). The summed E-state index contributed by atoms with van der Waals surface area (Å²) in [7, 11) is 0. The van der Waals surface area contributed by atoms with Crippen LogP contribution in [0.15, 0.2) is 0 Å². The Morgan fingerprint density at radius 2 is 1.88 bits per heavy atom. The van der Waals surface area contributed by atoms with E-state index in [0.717, 1.165) is 26.2 Å². The topological polar surface area (TPSA) is 6.48 Å². The second kappa shape index (κ2) is 5.57. The number of alkyl halides is 3. The third-order valence-electron chi connectivity index (χ3n) is 3.86. The first-order valence-corrected chi connectivity index (χ1v) is 6.58. The number of hydrogen-bond donors (Lipinski definition) is 0. The summed E-state index contributed by atoms with van der Waals surface area (Å²) >= 11 is 0. The molecule has 0 aliphatic carbocycles. The van der Waals surface area contributed by atoms with Gasteiger partial charge in [-0.1, -0.05) is 0 Å². The summed E-state index contributed by atoms with van der Waals surface area (Å²) in [6, 6.07) is 0.673. The van der Waals surface area contributed by atoms with Crippen LogP contribution in [0.4, 0.5) is 13.2 Å². The summed E-state index contributed by atoms with van der Waals surface area (Å²) in [6.07, 6.45) is -1.12. The monoisotopic (exact) mass is 250 g/mol. The maximum absolute atomic E-state index is 12.0. The molecule has 1 unspecified atom stereocenters. The molecule has 2 heterocycles. The highest BCUT2D eigenvalue weighted by Gasteiger charge is 2.30. The van der Waals surface area contributed by atoms with Crippen molar-refractivity contribution < 1.29 is 13.2 Å². The number of hydrogen-bond acceptors (Lipinski definition) is 2. The molecule has 1 atom stereocenters. The van der Waals surface area contributed by atoms with Crippen LogP contribution < -0.4 is 0 Å². The van der Waals surface area contributed by atoms with Crippen LogP contribution >= 0.6 is 0 Å². The molecule has 0 N–H and O–H groups in total. The van der Waals surface area contributed by atoms with Crippen LogP contribution in [0, 0.1) is 0 Å². The molecular formula is C12H21F3N2. The van der Waals surface area contributed by atoms with Crippen molar-refractivity contribution in [1.82, 2.24) is 9.80 Å². The SMILES string of the molecule is FC(F)(F)CCCCN1CCN2CCCC2C1. The third-order valence-corrected chi connectivity index (χ3v) is 3.86. The van der Waals surface area contributed by atoms with E-state index in [4.69, 9.17) is 0 Å². The third kappa shape index (κ3) is 4.14. The number of fused-ring (bicyclic) bond motifs is 1. The van der Waals surface area contributed by atoms with E-state index in [9.17, 15) is 13.2 Å². The average Bonchev–Trinajstić information content (AvgIpc) is 2.70. The Hall–Kier alpha value is -0.290. The predicted octanol–water partition coefficient (Wildman–Crippen LogP) is 2.50. The molecule has 2 nitrogen and oxygen atoms in total. The van der Waals surface area contributed by atoms with Gasteiger partial charge in [-0.2, -0.15) is 13.2 Å². The highest BCUT2D eigenvalue weighted by Crippen LogP contribution is 2.24. The minimum Gasteiger partial charge on any atom is -0.301 e. The Morgan fingerprint density at radius 3 is 2.65 bits per heavy atom. The first kappa shape index (κ1) is 13.1. The number of piperazine rings is 1. The van der Waals surface area contributed by atoms with E-state index < -0.39 is 12.6 Å². The molecule has 5 heteroatoms. The Balaban J connectivity index is 1.60. The zero-order chi connectivity index (χ0) is 12.3. The fourth-order valence-electron chi connectivity index (χ4n) is 2.92. The van der Waals surface area contributed by atoms with Gasteiger partial charge in [0.05, 0.1) is 0 Å². The molecule has 0 aromatic heterocycles. The van der Waals surface area contributed by atoms with Crippen molar-refractivity contribution in [3.05, 3.63) is 0 Å². The average molecular weight is 250 g/mol. The molecule has 0 bridgehead atoms. The molecule has 2 aliphatic heterocycles. The quantitative estimate of drug-likeness (QED) is 0.707. The van der Waals surface area contributed by atoms with Gasteiger partial charge < -0.3 is 4.90 Å². The minimum atomic E-state index is -3.98. The van der Waals surface area contributed by atoms with Crippen molar-refractivity contribution in [2.24, 2.45) is 0 Å². The van der Waals surface area contributed by atoms with Crippen molar-refractivity contribution in [2.45, 2.75) is 44.3 Å². The molecule has 0 saturated carbocycles. The zero-order valence-electron chi connectivity index (χ0n) is 10.2. The van der Waals surface area contributed by atoms with Gasteiger partial charge in [-0.05, 0) is 38.8 Å². The first-order chi connectivity index (χ1) is 8.04. The van der Waals surface area contributed by atoms with Gasteiger partial charge in [0, 0.05) is 32.1 Å². The largest absolute Gasteiger partial charge is 0.389 e. The van der Waals surface area contributed by atoms with E-state index in [1.165, 1.54) is 19.4 Å². The van der Waals surface area contributed by atoms with Gasteiger partial charge in [-0.3, -0.25) is 4.90 Å². The highest BCUT2D eigenvalue weighted by molar-refractivity contribution is 4.86. The van der Waals surface area contributed by atoms with Crippen LogP contribution in [0.2, 0.25) is 0 Å². The van der Waals surface area contributed by atoms with Crippen LogP contribution in [0.3, 0.4) is 0 Å². The van der Waals surface area contributed by atoms with Crippen LogP contribution in [-0.2, 0) is 0 Å². The molecule has 0 aromatic rings. The van der Waals surface area contributed by atoms with E-state index in [2.05, 4.69) is 9.80 Å². The van der Waals surface area contributed by atoms with Gasteiger partial charge in [0.1, 0.15) is 0 Å². The van der Waals surface area contributed by atoms with Gasteiger partial charge in [0.2, 0.25) is 0 Å².